The monoisotopic (exact) mass is 277 g/mol. The van der Waals surface area contributed by atoms with Gasteiger partial charge in [-0.25, -0.2) is 0 Å². The fourth-order valence-electron chi connectivity index (χ4n) is 2.34. The van der Waals surface area contributed by atoms with Crippen LogP contribution in [-0.2, 0) is 9.47 Å². The molecule has 0 saturated carbocycles. The summed E-state index contributed by atoms with van der Waals surface area (Å²) >= 11 is 2.03. The minimum atomic E-state index is -0.410. The quantitative estimate of drug-likeness (QED) is 0.758. The summed E-state index contributed by atoms with van der Waals surface area (Å²) in [5, 5.41) is 11.3. The fraction of sp³-hybridized carbons (Fsp3) is 1.00. The molecule has 0 bridgehead atoms. The molecule has 1 N–H and O–H groups in total. The Balaban J connectivity index is 2.20. The second-order valence-electron chi connectivity index (χ2n) is 5.23. The second-order valence-corrected chi connectivity index (χ2v) is 7.11. The smallest absolute Gasteiger partial charge is 0.0900 e. The number of hydrogen-bond acceptors (Lipinski definition) is 5. The van der Waals surface area contributed by atoms with Crippen LogP contribution in [-0.4, -0.2) is 72.7 Å². The van der Waals surface area contributed by atoms with Crippen LogP contribution in [0, 0.1) is 0 Å². The van der Waals surface area contributed by atoms with Crippen molar-refractivity contribution < 1.29 is 14.6 Å². The van der Waals surface area contributed by atoms with E-state index in [1.165, 1.54) is 0 Å². The van der Waals surface area contributed by atoms with E-state index in [1.54, 1.807) is 7.11 Å². The van der Waals surface area contributed by atoms with E-state index in [0.29, 0.717) is 30.3 Å². The number of aliphatic hydroxyl groups is 1. The average Bonchev–Trinajstić information content (AvgIpc) is 2.25. The van der Waals surface area contributed by atoms with Crippen molar-refractivity contribution >= 4 is 11.8 Å². The molecular weight excluding hydrogens is 250 g/mol. The highest BCUT2D eigenvalue weighted by atomic mass is 32.2. The molecule has 4 unspecified atom stereocenters. The zero-order chi connectivity index (χ0) is 13.5. The molecule has 1 heterocycles. The molecule has 4 nitrogen and oxygen atoms in total. The molecule has 1 fully saturated rings. The molecule has 108 valence electrons. The van der Waals surface area contributed by atoms with Crippen LogP contribution in [0.25, 0.3) is 0 Å². The lowest BCUT2D eigenvalue weighted by Gasteiger charge is -2.35. The van der Waals surface area contributed by atoms with Gasteiger partial charge in [0.25, 0.3) is 0 Å². The Bertz CT molecular complexity index is 220. The number of nitrogens with zero attached hydrogens (tertiary/aromatic N) is 1. The van der Waals surface area contributed by atoms with Crippen LogP contribution in [0.2, 0.25) is 0 Å². The van der Waals surface area contributed by atoms with Crippen molar-refractivity contribution in [3.05, 3.63) is 0 Å². The normalized spacial score (nSPS) is 29.2. The summed E-state index contributed by atoms with van der Waals surface area (Å²) in [6, 6.07) is 0. The van der Waals surface area contributed by atoms with Gasteiger partial charge in [-0.15, -0.1) is 0 Å². The zero-order valence-electron chi connectivity index (χ0n) is 12.0. The number of β-amino-alcohol motifs (C(OH)–C–C–N with tert-alkyl or cyclic N) is 1. The first-order valence-electron chi connectivity index (χ1n) is 6.67. The maximum atomic E-state index is 9.98. The Morgan fingerprint density at radius 1 is 1.28 bits per heavy atom. The van der Waals surface area contributed by atoms with E-state index in [1.807, 2.05) is 18.7 Å². The third kappa shape index (κ3) is 6.38. The number of hydrogen-bond donors (Lipinski definition) is 1. The van der Waals surface area contributed by atoms with Gasteiger partial charge in [-0.1, -0.05) is 13.8 Å². The first-order valence-corrected chi connectivity index (χ1v) is 7.62. The Labute approximate surface area is 115 Å². The fourth-order valence-corrected chi connectivity index (χ4v) is 3.73. The Kier molecular flexibility index (Phi) is 7.56. The van der Waals surface area contributed by atoms with Crippen molar-refractivity contribution in [1.82, 2.24) is 4.90 Å². The first-order chi connectivity index (χ1) is 8.51. The predicted octanol–water partition coefficient (Wildman–Crippen LogP) is 1.22. The van der Waals surface area contributed by atoms with Gasteiger partial charge in [0.2, 0.25) is 0 Å². The molecule has 0 amide bonds. The van der Waals surface area contributed by atoms with Crippen molar-refractivity contribution in [2.45, 2.75) is 43.5 Å². The van der Waals surface area contributed by atoms with Crippen LogP contribution in [0.3, 0.4) is 0 Å². The van der Waals surface area contributed by atoms with Crippen LogP contribution in [0.15, 0.2) is 0 Å². The maximum absolute atomic E-state index is 9.98. The lowest BCUT2D eigenvalue weighted by molar-refractivity contribution is -0.0397. The van der Waals surface area contributed by atoms with Gasteiger partial charge in [0.1, 0.15) is 0 Å². The van der Waals surface area contributed by atoms with E-state index in [9.17, 15) is 5.11 Å². The van der Waals surface area contributed by atoms with E-state index < -0.39 is 6.10 Å². The molecule has 1 rings (SSSR count). The molecule has 1 aliphatic rings. The molecule has 0 spiro atoms. The molecule has 18 heavy (non-hydrogen) atoms. The van der Waals surface area contributed by atoms with Crippen molar-refractivity contribution in [2.24, 2.45) is 0 Å². The molecular formula is C13H27NO3S. The topological polar surface area (TPSA) is 41.9 Å². The highest BCUT2D eigenvalue weighted by molar-refractivity contribution is 8.00. The van der Waals surface area contributed by atoms with E-state index in [0.717, 1.165) is 13.1 Å². The number of methoxy groups -OCH3 is 1. The summed E-state index contributed by atoms with van der Waals surface area (Å²) in [6.45, 7) is 10.2. The summed E-state index contributed by atoms with van der Waals surface area (Å²) in [6.07, 6.45) is -0.369. The lowest BCUT2D eigenvalue weighted by atomic mass is 10.2. The standard InChI is InChI=1S/C13H27NO3S/c1-10(8-16-4)17-9-13(15)7-14-5-11(2)18-12(3)6-14/h10-13,15H,5-9H2,1-4H3. The summed E-state index contributed by atoms with van der Waals surface area (Å²) in [5.74, 6) is 0. The molecule has 0 aliphatic carbocycles. The Hall–Kier alpha value is 0.190. The molecule has 1 aliphatic heterocycles. The van der Waals surface area contributed by atoms with Crippen molar-refractivity contribution in [3.8, 4) is 0 Å². The van der Waals surface area contributed by atoms with Crippen molar-refractivity contribution in [3.63, 3.8) is 0 Å². The number of rotatable bonds is 7. The molecule has 0 radical (unpaired) electrons. The number of ether oxygens (including phenoxy) is 2. The molecule has 0 aromatic heterocycles. The van der Waals surface area contributed by atoms with E-state index in [4.69, 9.17) is 9.47 Å². The minimum Gasteiger partial charge on any atom is -0.389 e. The molecule has 0 aromatic carbocycles. The summed E-state index contributed by atoms with van der Waals surface area (Å²) < 4.78 is 10.5. The number of thioether (sulfide) groups is 1. The second kappa shape index (κ2) is 8.38. The van der Waals surface area contributed by atoms with E-state index in [-0.39, 0.29) is 6.10 Å². The van der Waals surface area contributed by atoms with Gasteiger partial charge in [-0.2, -0.15) is 11.8 Å². The van der Waals surface area contributed by atoms with Gasteiger partial charge in [0.15, 0.2) is 0 Å². The highest BCUT2D eigenvalue weighted by Crippen LogP contribution is 2.24. The SMILES string of the molecule is COCC(C)OCC(O)CN1CC(C)SC(C)C1. The minimum absolute atomic E-state index is 0.0411. The van der Waals surface area contributed by atoms with Crippen LogP contribution in [0.5, 0.6) is 0 Å². The average molecular weight is 277 g/mol. The Morgan fingerprint density at radius 3 is 2.44 bits per heavy atom. The van der Waals surface area contributed by atoms with Gasteiger partial charge in [-0.3, -0.25) is 4.90 Å². The van der Waals surface area contributed by atoms with Crippen LogP contribution in [0.1, 0.15) is 20.8 Å². The Morgan fingerprint density at radius 2 is 1.89 bits per heavy atom. The summed E-state index contributed by atoms with van der Waals surface area (Å²) in [5.41, 5.74) is 0. The van der Waals surface area contributed by atoms with Gasteiger partial charge in [0, 0.05) is 37.2 Å². The van der Waals surface area contributed by atoms with Crippen LogP contribution in [0.4, 0.5) is 0 Å². The van der Waals surface area contributed by atoms with E-state index in [2.05, 4.69) is 18.7 Å². The molecule has 5 heteroatoms. The first kappa shape index (κ1) is 16.2. The molecule has 1 saturated heterocycles. The highest BCUT2D eigenvalue weighted by Gasteiger charge is 2.23. The van der Waals surface area contributed by atoms with E-state index >= 15 is 0 Å². The van der Waals surface area contributed by atoms with Crippen LogP contribution < -0.4 is 0 Å². The zero-order valence-corrected chi connectivity index (χ0v) is 12.8. The molecule has 0 aromatic rings. The van der Waals surface area contributed by atoms with Crippen LogP contribution >= 0.6 is 11.8 Å². The third-order valence-corrected chi connectivity index (χ3v) is 4.17. The van der Waals surface area contributed by atoms with Crippen molar-refractivity contribution in [1.29, 1.82) is 0 Å². The lowest BCUT2D eigenvalue weighted by Crippen LogP contribution is -2.45. The third-order valence-electron chi connectivity index (χ3n) is 2.94. The summed E-state index contributed by atoms with van der Waals surface area (Å²) in [7, 11) is 1.66. The molecule has 4 atom stereocenters. The largest absolute Gasteiger partial charge is 0.389 e. The van der Waals surface area contributed by atoms with Gasteiger partial charge in [-0.05, 0) is 6.92 Å². The maximum Gasteiger partial charge on any atom is 0.0900 e. The van der Waals surface area contributed by atoms with Gasteiger partial charge in [0.05, 0.1) is 25.4 Å². The van der Waals surface area contributed by atoms with Crippen molar-refractivity contribution in [2.75, 3.05) is 40.0 Å². The van der Waals surface area contributed by atoms with Gasteiger partial charge >= 0.3 is 0 Å². The number of aliphatic hydroxyl groups excluding tert-OH is 1. The summed E-state index contributed by atoms with van der Waals surface area (Å²) in [4.78, 5) is 2.33. The van der Waals surface area contributed by atoms with Gasteiger partial charge < -0.3 is 14.6 Å². The predicted molar refractivity (Wildman–Crippen MR) is 76.3 cm³/mol.